The SMILES string of the molecule is Cc1cc(C=O)cc(C)c1O[Si](C)(C)C(C)(C)C. The maximum absolute atomic E-state index is 10.8. The van der Waals surface area contributed by atoms with Gasteiger partial charge in [0, 0.05) is 5.56 Å². The molecule has 0 saturated heterocycles. The van der Waals surface area contributed by atoms with Gasteiger partial charge in [-0.1, -0.05) is 20.8 Å². The summed E-state index contributed by atoms with van der Waals surface area (Å²) in [5, 5.41) is 0.176. The van der Waals surface area contributed by atoms with Gasteiger partial charge in [-0.3, -0.25) is 4.79 Å². The first-order valence-corrected chi connectivity index (χ1v) is 9.25. The molecule has 0 atom stereocenters. The Morgan fingerprint density at radius 3 is 1.89 bits per heavy atom. The molecule has 0 aromatic heterocycles. The van der Waals surface area contributed by atoms with Crippen LogP contribution in [0.25, 0.3) is 0 Å². The highest BCUT2D eigenvalue weighted by Gasteiger charge is 2.39. The molecule has 2 nitrogen and oxygen atoms in total. The van der Waals surface area contributed by atoms with Gasteiger partial charge in [0.1, 0.15) is 12.0 Å². The smallest absolute Gasteiger partial charge is 0.250 e. The molecule has 100 valence electrons. The molecule has 0 fully saturated rings. The number of rotatable bonds is 3. The largest absolute Gasteiger partial charge is 0.543 e. The van der Waals surface area contributed by atoms with E-state index in [1.165, 1.54) is 0 Å². The third-order valence-corrected chi connectivity index (χ3v) is 8.11. The molecule has 0 heterocycles. The third kappa shape index (κ3) is 3.02. The topological polar surface area (TPSA) is 26.3 Å². The lowest BCUT2D eigenvalue weighted by molar-refractivity contribution is 0.112. The van der Waals surface area contributed by atoms with Crippen LogP contribution in [0.1, 0.15) is 42.3 Å². The second kappa shape index (κ2) is 4.88. The van der Waals surface area contributed by atoms with Crippen molar-refractivity contribution >= 4 is 14.6 Å². The Kier molecular flexibility index (Phi) is 4.06. The van der Waals surface area contributed by atoms with Crippen molar-refractivity contribution < 1.29 is 9.22 Å². The summed E-state index contributed by atoms with van der Waals surface area (Å²) in [7, 11) is -1.82. The first kappa shape index (κ1) is 15.0. The fourth-order valence-corrected chi connectivity index (χ4v) is 2.76. The van der Waals surface area contributed by atoms with E-state index in [9.17, 15) is 4.79 Å². The van der Waals surface area contributed by atoms with Crippen LogP contribution >= 0.6 is 0 Å². The molecule has 0 aliphatic heterocycles. The summed E-state index contributed by atoms with van der Waals surface area (Å²) in [6.07, 6.45) is 0.885. The zero-order chi connectivity index (χ0) is 14.1. The van der Waals surface area contributed by atoms with Gasteiger partial charge in [-0.25, -0.2) is 0 Å². The van der Waals surface area contributed by atoms with Gasteiger partial charge in [0.2, 0.25) is 0 Å². The Bertz CT molecular complexity index is 433. The summed E-state index contributed by atoms with van der Waals surface area (Å²) in [5.41, 5.74) is 2.80. The van der Waals surface area contributed by atoms with Crippen molar-refractivity contribution in [2.45, 2.75) is 52.8 Å². The lowest BCUT2D eigenvalue weighted by atomic mass is 10.1. The van der Waals surface area contributed by atoms with Gasteiger partial charge < -0.3 is 4.43 Å². The normalized spacial score (nSPS) is 12.4. The molecule has 1 aromatic rings. The lowest BCUT2D eigenvalue weighted by Gasteiger charge is -2.37. The van der Waals surface area contributed by atoms with Crippen molar-refractivity contribution in [1.82, 2.24) is 0 Å². The number of aryl methyl sites for hydroxylation is 2. The number of hydrogen-bond donors (Lipinski definition) is 0. The summed E-state index contributed by atoms with van der Waals surface area (Å²) in [4.78, 5) is 10.8. The Labute approximate surface area is 111 Å². The average molecular weight is 264 g/mol. The van der Waals surface area contributed by atoms with E-state index in [0.29, 0.717) is 5.56 Å². The molecular weight excluding hydrogens is 240 g/mol. The van der Waals surface area contributed by atoms with E-state index in [1.807, 2.05) is 26.0 Å². The second-order valence-corrected chi connectivity index (χ2v) is 11.2. The predicted molar refractivity (Wildman–Crippen MR) is 79.1 cm³/mol. The van der Waals surface area contributed by atoms with Crippen LogP contribution in [0, 0.1) is 13.8 Å². The molecule has 0 unspecified atom stereocenters. The quantitative estimate of drug-likeness (QED) is 0.593. The van der Waals surface area contributed by atoms with Crippen LogP contribution in [-0.4, -0.2) is 14.6 Å². The van der Waals surface area contributed by atoms with Crippen molar-refractivity contribution in [3.8, 4) is 5.75 Å². The van der Waals surface area contributed by atoms with Crippen molar-refractivity contribution in [3.63, 3.8) is 0 Å². The summed E-state index contributed by atoms with van der Waals surface area (Å²) in [6, 6.07) is 3.78. The summed E-state index contributed by atoms with van der Waals surface area (Å²) >= 11 is 0. The minimum Gasteiger partial charge on any atom is -0.543 e. The molecule has 0 N–H and O–H groups in total. The Morgan fingerprint density at radius 2 is 1.56 bits per heavy atom. The minimum absolute atomic E-state index is 0.176. The lowest BCUT2D eigenvalue weighted by Crippen LogP contribution is -2.44. The first-order chi connectivity index (χ1) is 8.08. The van der Waals surface area contributed by atoms with E-state index in [2.05, 4.69) is 33.9 Å². The number of benzene rings is 1. The van der Waals surface area contributed by atoms with E-state index >= 15 is 0 Å². The monoisotopic (exact) mass is 264 g/mol. The van der Waals surface area contributed by atoms with Crippen LogP contribution in [0.5, 0.6) is 5.75 Å². The van der Waals surface area contributed by atoms with Gasteiger partial charge in [-0.05, 0) is 55.2 Å². The average Bonchev–Trinajstić information content (AvgIpc) is 2.21. The molecule has 0 aliphatic rings. The van der Waals surface area contributed by atoms with Gasteiger partial charge in [0.25, 0.3) is 8.32 Å². The van der Waals surface area contributed by atoms with Gasteiger partial charge in [-0.15, -0.1) is 0 Å². The highest BCUT2D eigenvalue weighted by molar-refractivity contribution is 6.74. The van der Waals surface area contributed by atoms with E-state index in [1.54, 1.807) is 0 Å². The van der Waals surface area contributed by atoms with Crippen LogP contribution in [0.15, 0.2) is 12.1 Å². The van der Waals surface area contributed by atoms with Gasteiger partial charge in [-0.2, -0.15) is 0 Å². The van der Waals surface area contributed by atoms with Crippen LogP contribution in [-0.2, 0) is 0 Å². The Morgan fingerprint density at radius 1 is 1.11 bits per heavy atom. The van der Waals surface area contributed by atoms with Crippen molar-refractivity contribution in [2.24, 2.45) is 0 Å². The van der Waals surface area contributed by atoms with Crippen molar-refractivity contribution in [3.05, 3.63) is 28.8 Å². The zero-order valence-electron chi connectivity index (χ0n) is 12.5. The maximum Gasteiger partial charge on any atom is 0.250 e. The standard InChI is InChI=1S/C15H24O2Si/c1-11-8-13(10-16)9-12(2)14(11)17-18(6,7)15(3,4)5/h8-10H,1-7H3. The molecule has 3 heteroatoms. The number of carbonyl (C=O) groups excluding carboxylic acids is 1. The molecule has 0 aliphatic carbocycles. The predicted octanol–water partition coefficient (Wildman–Crippen LogP) is 4.50. The van der Waals surface area contributed by atoms with E-state index in [4.69, 9.17) is 4.43 Å². The van der Waals surface area contributed by atoms with Crippen LogP contribution in [0.2, 0.25) is 18.1 Å². The van der Waals surface area contributed by atoms with Gasteiger partial charge >= 0.3 is 0 Å². The van der Waals surface area contributed by atoms with Crippen LogP contribution < -0.4 is 4.43 Å². The number of carbonyl (C=O) groups is 1. The molecule has 18 heavy (non-hydrogen) atoms. The van der Waals surface area contributed by atoms with Crippen molar-refractivity contribution in [2.75, 3.05) is 0 Å². The van der Waals surface area contributed by atoms with Crippen molar-refractivity contribution in [1.29, 1.82) is 0 Å². The fraction of sp³-hybridized carbons (Fsp3) is 0.533. The Hall–Kier alpha value is -1.09. The number of aldehydes is 1. The van der Waals surface area contributed by atoms with E-state index < -0.39 is 8.32 Å². The van der Waals surface area contributed by atoms with Gasteiger partial charge in [0.15, 0.2) is 0 Å². The zero-order valence-corrected chi connectivity index (χ0v) is 13.5. The molecule has 0 radical (unpaired) electrons. The van der Waals surface area contributed by atoms with Crippen LogP contribution in [0.3, 0.4) is 0 Å². The maximum atomic E-state index is 10.8. The van der Waals surface area contributed by atoms with Crippen LogP contribution in [0.4, 0.5) is 0 Å². The molecule has 0 saturated carbocycles. The summed E-state index contributed by atoms with van der Waals surface area (Å²) in [5.74, 6) is 0.951. The highest BCUT2D eigenvalue weighted by atomic mass is 28.4. The molecule has 0 bridgehead atoms. The van der Waals surface area contributed by atoms with E-state index in [0.717, 1.165) is 23.2 Å². The Balaban J connectivity index is 3.17. The summed E-state index contributed by atoms with van der Waals surface area (Å²) in [6.45, 7) is 15.2. The van der Waals surface area contributed by atoms with E-state index in [-0.39, 0.29) is 5.04 Å². The summed E-state index contributed by atoms with van der Waals surface area (Å²) < 4.78 is 6.35. The number of hydrogen-bond acceptors (Lipinski definition) is 2. The molecule has 0 spiro atoms. The highest BCUT2D eigenvalue weighted by Crippen LogP contribution is 2.39. The molecular formula is C15H24O2Si. The second-order valence-electron chi connectivity index (χ2n) is 6.46. The van der Waals surface area contributed by atoms with Gasteiger partial charge in [0.05, 0.1) is 0 Å². The third-order valence-electron chi connectivity index (χ3n) is 3.78. The molecule has 1 rings (SSSR count). The molecule has 1 aromatic carbocycles. The first-order valence-electron chi connectivity index (χ1n) is 6.34. The fourth-order valence-electron chi connectivity index (χ4n) is 1.62. The minimum atomic E-state index is -1.82. The molecule has 0 amide bonds.